The van der Waals surface area contributed by atoms with E-state index in [0.29, 0.717) is 5.02 Å². The second kappa shape index (κ2) is 6.57. The Labute approximate surface area is 124 Å². The zero-order valence-corrected chi connectivity index (χ0v) is 12.9. The first-order chi connectivity index (χ1) is 8.70. The Bertz CT molecular complexity index is 548. The monoisotopic (exact) mass is 342 g/mol. The van der Waals surface area contributed by atoms with E-state index in [-0.39, 0.29) is 0 Å². The second-order valence-corrected chi connectivity index (χ2v) is 6.03. The third kappa shape index (κ3) is 3.48. The molecule has 2 aromatic rings. The van der Waals surface area contributed by atoms with Crippen molar-refractivity contribution in [1.29, 1.82) is 0 Å². The van der Waals surface area contributed by atoms with Crippen LogP contribution in [0, 0.1) is 0 Å². The van der Waals surface area contributed by atoms with Gasteiger partial charge >= 0.3 is 0 Å². The number of rotatable bonds is 4. The molecule has 18 heavy (non-hydrogen) atoms. The molecule has 0 saturated heterocycles. The molecule has 0 bridgehead atoms. The van der Waals surface area contributed by atoms with Crippen LogP contribution in [-0.4, -0.2) is 12.0 Å². The first kappa shape index (κ1) is 13.9. The molecule has 1 N–H and O–H groups in total. The summed E-state index contributed by atoms with van der Waals surface area (Å²) in [5.74, 6) is 0. The summed E-state index contributed by atoms with van der Waals surface area (Å²) in [5.41, 5.74) is 1.23. The van der Waals surface area contributed by atoms with Gasteiger partial charge in [-0.25, -0.2) is 4.98 Å². The van der Waals surface area contributed by atoms with Gasteiger partial charge in [-0.2, -0.15) is 0 Å². The Hall–Kier alpha value is -0.550. The van der Waals surface area contributed by atoms with E-state index in [9.17, 15) is 0 Å². The summed E-state index contributed by atoms with van der Waals surface area (Å²) < 4.78 is 1.05. The Morgan fingerprint density at radius 1 is 1.39 bits per heavy atom. The Kier molecular flexibility index (Phi) is 5.06. The van der Waals surface area contributed by atoms with Gasteiger partial charge in [-0.05, 0) is 36.9 Å². The third-order valence-electron chi connectivity index (χ3n) is 2.33. The highest BCUT2D eigenvalue weighted by Gasteiger charge is 2.08. The van der Waals surface area contributed by atoms with E-state index in [2.05, 4.69) is 38.4 Å². The molecular formula is C13H12BrClN2S. The van der Waals surface area contributed by atoms with Crippen LogP contribution in [0.3, 0.4) is 0 Å². The van der Waals surface area contributed by atoms with Gasteiger partial charge in [-0.1, -0.05) is 45.4 Å². The van der Waals surface area contributed by atoms with Crippen molar-refractivity contribution in [3.05, 3.63) is 51.6 Å². The summed E-state index contributed by atoms with van der Waals surface area (Å²) in [4.78, 5) is 5.45. The quantitative estimate of drug-likeness (QED) is 0.892. The minimum absolute atomic E-state index is 0.679. The lowest BCUT2D eigenvalue weighted by atomic mass is 10.2. The summed E-state index contributed by atoms with van der Waals surface area (Å²) >= 11 is 11.2. The smallest absolute Gasteiger partial charge is 0.119 e. The lowest BCUT2D eigenvalue weighted by molar-refractivity contribution is 0.802. The van der Waals surface area contributed by atoms with Crippen LogP contribution in [0.2, 0.25) is 5.02 Å². The van der Waals surface area contributed by atoms with Crippen LogP contribution in [0.25, 0.3) is 0 Å². The molecule has 0 saturated carbocycles. The number of hydrogen-bond donors (Lipinski definition) is 1. The molecule has 0 fully saturated rings. The van der Waals surface area contributed by atoms with Gasteiger partial charge in [0, 0.05) is 22.1 Å². The fourth-order valence-electron chi connectivity index (χ4n) is 1.51. The highest BCUT2D eigenvalue weighted by Crippen LogP contribution is 2.34. The van der Waals surface area contributed by atoms with E-state index in [1.165, 1.54) is 5.56 Å². The number of aromatic nitrogens is 1. The Morgan fingerprint density at radius 3 is 2.94 bits per heavy atom. The van der Waals surface area contributed by atoms with Gasteiger partial charge in [0.1, 0.15) is 5.03 Å². The first-order valence-electron chi connectivity index (χ1n) is 5.42. The van der Waals surface area contributed by atoms with Crippen LogP contribution in [0.5, 0.6) is 0 Å². The molecule has 1 aromatic carbocycles. The predicted octanol–water partition coefficient (Wildman–Crippen LogP) is 4.37. The second-order valence-electron chi connectivity index (χ2n) is 3.67. The lowest BCUT2D eigenvalue weighted by Crippen LogP contribution is -2.06. The molecule has 1 heterocycles. The minimum Gasteiger partial charge on any atom is -0.316 e. The van der Waals surface area contributed by atoms with E-state index in [0.717, 1.165) is 20.9 Å². The number of benzene rings is 1. The molecule has 2 nitrogen and oxygen atoms in total. The van der Waals surface area contributed by atoms with Crippen LogP contribution in [-0.2, 0) is 6.54 Å². The molecule has 0 aliphatic carbocycles. The van der Waals surface area contributed by atoms with Gasteiger partial charge in [0.05, 0.1) is 5.02 Å². The average molecular weight is 344 g/mol. The molecule has 0 spiro atoms. The number of nitrogens with zero attached hydrogens (tertiary/aromatic N) is 1. The number of hydrogen-bond acceptors (Lipinski definition) is 3. The maximum atomic E-state index is 6.13. The van der Waals surface area contributed by atoms with Gasteiger partial charge in [0.25, 0.3) is 0 Å². The van der Waals surface area contributed by atoms with Gasteiger partial charge in [0.2, 0.25) is 0 Å². The molecule has 0 aliphatic heterocycles. The van der Waals surface area contributed by atoms with Gasteiger partial charge < -0.3 is 5.32 Å². The highest BCUT2D eigenvalue weighted by molar-refractivity contribution is 9.10. The molecule has 5 heteroatoms. The molecule has 94 valence electrons. The Balaban J connectivity index is 2.33. The third-order valence-corrected chi connectivity index (χ3v) is 4.36. The van der Waals surface area contributed by atoms with Gasteiger partial charge in [0.15, 0.2) is 0 Å². The predicted molar refractivity (Wildman–Crippen MR) is 80.3 cm³/mol. The standard InChI is InChI=1S/C13H12BrClN2S/c1-16-8-9-4-5-10(14)7-12(9)18-13-11(15)3-2-6-17-13/h2-7,16H,8H2,1H3. The van der Waals surface area contributed by atoms with Crippen molar-refractivity contribution < 1.29 is 0 Å². The van der Waals surface area contributed by atoms with Crippen LogP contribution in [0.1, 0.15) is 5.56 Å². The van der Waals surface area contributed by atoms with Crippen molar-refractivity contribution in [3.63, 3.8) is 0 Å². The molecule has 0 atom stereocenters. The van der Waals surface area contributed by atoms with Crippen LogP contribution < -0.4 is 5.32 Å². The maximum absolute atomic E-state index is 6.13. The normalized spacial score (nSPS) is 10.6. The molecular weight excluding hydrogens is 332 g/mol. The maximum Gasteiger partial charge on any atom is 0.119 e. The average Bonchev–Trinajstić information content (AvgIpc) is 2.36. The van der Waals surface area contributed by atoms with E-state index < -0.39 is 0 Å². The largest absolute Gasteiger partial charge is 0.316 e. The molecule has 1 aromatic heterocycles. The summed E-state index contributed by atoms with van der Waals surface area (Å²) in [5, 5.41) is 4.67. The zero-order chi connectivity index (χ0) is 13.0. The fraction of sp³-hybridized carbons (Fsp3) is 0.154. The summed E-state index contributed by atoms with van der Waals surface area (Å²) in [7, 11) is 1.93. The summed E-state index contributed by atoms with van der Waals surface area (Å²) in [6.07, 6.45) is 1.75. The Morgan fingerprint density at radius 2 is 2.22 bits per heavy atom. The van der Waals surface area contributed by atoms with Crippen LogP contribution >= 0.6 is 39.3 Å². The van der Waals surface area contributed by atoms with Crippen molar-refractivity contribution in [2.75, 3.05) is 7.05 Å². The van der Waals surface area contributed by atoms with Crippen molar-refractivity contribution in [3.8, 4) is 0 Å². The van der Waals surface area contributed by atoms with Crippen molar-refractivity contribution in [1.82, 2.24) is 10.3 Å². The summed E-state index contributed by atoms with van der Waals surface area (Å²) in [6, 6.07) is 9.91. The topological polar surface area (TPSA) is 24.9 Å². The number of nitrogens with one attached hydrogen (secondary N) is 1. The van der Waals surface area contributed by atoms with Crippen molar-refractivity contribution >= 4 is 39.3 Å². The molecule has 0 amide bonds. The highest BCUT2D eigenvalue weighted by atomic mass is 79.9. The lowest BCUT2D eigenvalue weighted by Gasteiger charge is -2.09. The van der Waals surface area contributed by atoms with E-state index in [1.807, 2.05) is 25.2 Å². The fourth-order valence-corrected chi connectivity index (χ4v) is 3.20. The first-order valence-corrected chi connectivity index (χ1v) is 7.41. The van der Waals surface area contributed by atoms with E-state index in [1.54, 1.807) is 18.0 Å². The van der Waals surface area contributed by atoms with Gasteiger partial charge in [-0.3, -0.25) is 0 Å². The molecule has 0 aliphatic rings. The molecule has 0 unspecified atom stereocenters. The minimum atomic E-state index is 0.679. The van der Waals surface area contributed by atoms with Crippen LogP contribution in [0.15, 0.2) is 50.9 Å². The van der Waals surface area contributed by atoms with Gasteiger partial charge in [-0.15, -0.1) is 0 Å². The number of pyridine rings is 1. The van der Waals surface area contributed by atoms with E-state index >= 15 is 0 Å². The zero-order valence-electron chi connectivity index (χ0n) is 9.78. The van der Waals surface area contributed by atoms with Crippen LogP contribution in [0.4, 0.5) is 0 Å². The SMILES string of the molecule is CNCc1ccc(Br)cc1Sc1ncccc1Cl. The van der Waals surface area contributed by atoms with Crippen molar-refractivity contribution in [2.24, 2.45) is 0 Å². The van der Waals surface area contributed by atoms with E-state index in [4.69, 9.17) is 11.6 Å². The molecule has 0 radical (unpaired) electrons. The summed E-state index contributed by atoms with van der Waals surface area (Å²) in [6.45, 7) is 0.820. The molecule has 2 rings (SSSR count). The number of halogens is 2. The van der Waals surface area contributed by atoms with Crippen molar-refractivity contribution in [2.45, 2.75) is 16.5 Å².